The Balaban J connectivity index is 1.65. The van der Waals surface area contributed by atoms with E-state index in [1.807, 2.05) is 18.2 Å². The number of nitrogens with zero attached hydrogens (tertiary/aromatic N) is 3. The fourth-order valence-electron chi connectivity index (χ4n) is 3.38. The fraction of sp³-hybridized carbons (Fsp3) is 0.182. The lowest BCUT2D eigenvalue weighted by molar-refractivity contribution is 0.354. The van der Waals surface area contributed by atoms with Crippen LogP contribution < -0.4 is 14.8 Å². The molecule has 2 heterocycles. The number of phenolic OH excluding ortho intramolecular Hbond substituents is 3. The number of fused-ring (bicyclic) bond motifs is 1. The van der Waals surface area contributed by atoms with Gasteiger partial charge in [-0.15, -0.1) is 0 Å². The van der Waals surface area contributed by atoms with Gasteiger partial charge in [0.2, 0.25) is 5.75 Å². The lowest BCUT2D eigenvalue weighted by atomic mass is 10.1. The van der Waals surface area contributed by atoms with Gasteiger partial charge in [0, 0.05) is 24.5 Å². The van der Waals surface area contributed by atoms with E-state index in [9.17, 15) is 15.3 Å². The highest BCUT2D eigenvalue weighted by molar-refractivity contribution is 5.82. The minimum absolute atomic E-state index is 0.285. The molecule has 2 aromatic carbocycles. The Bertz CT molecular complexity index is 1240. The van der Waals surface area contributed by atoms with Crippen LogP contribution in [0.25, 0.3) is 16.9 Å². The van der Waals surface area contributed by atoms with Gasteiger partial charge in [-0.2, -0.15) is 0 Å². The van der Waals surface area contributed by atoms with E-state index in [1.54, 1.807) is 37.2 Å². The van der Waals surface area contributed by atoms with E-state index in [0.717, 1.165) is 5.56 Å². The van der Waals surface area contributed by atoms with Crippen molar-refractivity contribution in [3.8, 4) is 40.0 Å². The van der Waals surface area contributed by atoms with E-state index in [1.165, 1.54) is 12.1 Å². The number of phenols is 3. The molecule has 0 bridgehead atoms. The van der Waals surface area contributed by atoms with Crippen LogP contribution in [0.15, 0.2) is 48.9 Å². The Morgan fingerprint density at radius 3 is 2.58 bits per heavy atom. The van der Waals surface area contributed by atoms with Gasteiger partial charge in [-0.25, -0.2) is 4.98 Å². The summed E-state index contributed by atoms with van der Waals surface area (Å²) in [6.07, 6.45) is 5.67. The van der Waals surface area contributed by atoms with Crippen molar-refractivity contribution in [2.45, 2.75) is 6.42 Å². The molecule has 0 atom stereocenters. The molecule has 4 N–H and O–H groups in total. The van der Waals surface area contributed by atoms with Gasteiger partial charge in [-0.1, -0.05) is 6.07 Å². The van der Waals surface area contributed by atoms with Crippen molar-refractivity contribution < 1.29 is 24.8 Å². The number of hydrogen-bond donors (Lipinski definition) is 4. The van der Waals surface area contributed by atoms with E-state index in [2.05, 4.69) is 15.3 Å². The van der Waals surface area contributed by atoms with Gasteiger partial charge >= 0.3 is 0 Å². The molecule has 0 spiro atoms. The first-order valence-electron chi connectivity index (χ1n) is 9.54. The molecule has 0 amide bonds. The highest BCUT2D eigenvalue weighted by Crippen LogP contribution is 2.43. The molecule has 9 heteroatoms. The molecule has 0 aliphatic carbocycles. The number of imidazole rings is 1. The molecule has 0 fully saturated rings. The Morgan fingerprint density at radius 1 is 1.00 bits per heavy atom. The molecule has 160 valence electrons. The Kier molecular flexibility index (Phi) is 5.40. The third-order valence-corrected chi connectivity index (χ3v) is 4.97. The monoisotopic (exact) mass is 422 g/mol. The number of methoxy groups -OCH3 is 2. The summed E-state index contributed by atoms with van der Waals surface area (Å²) >= 11 is 0. The number of nitrogens with one attached hydrogen (secondary N) is 1. The quantitative estimate of drug-likeness (QED) is 0.335. The van der Waals surface area contributed by atoms with Gasteiger partial charge in [0.1, 0.15) is 11.5 Å². The van der Waals surface area contributed by atoms with E-state index in [0.29, 0.717) is 41.6 Å². The van der Waals surface area contributed by atoms with Gasteiger partial charge in [-0.05, 0) is 36.2 Å². The van der Waals surface area contributed by atoms with Crippen molar-refractivity contribution in [3.63, 3.8) is 0 Å². The van der Waals surface area contributed by atoms with Gasteiger partial charge in [-0.3, -0.25) is 9.38 Å². The van der Waals surface area contributed by atoms with Gasteiger partial charge in [0.05, 0.1) is 20.4 Å². The number of aromatic nitrogens is 3. The fourth-order valence-corrected chi connectivity index (χ4v) is 3.38. The molecule has 4 aromatic rings. The Morgan fingerprint density at radius 2 is 1.81 bits per heavy atom. The maximum atomic E-state index is 10.4. The van der Waals surface area contributed by atoms with Crippen LogP contribution in [0.5, 0.6) is 28.7 Å². The summed E-state index contributed by atoms with van der Waals surface area (Å²) in [5.41, 5.74) is 2.33. The normalized spacial score (nSPS) is 10.9. The first kappa shape index (κ1) is 20.1. The zero-order valence-electron chi connectivity index (χ0n) is 17.0. The lowest BCUT2D eigenvalue weighted by Gasteiger charge is -2.12. The largest absolute Gasteiger partial charge is 0.504 e. The van der Waals surface area contributed by atoms with Crippen molar-refractivity contribution in [3.05, 3.63) is 54.5 Å². The molecule has 0 radical (unpaired) electrons. The van der Waals surface area contributed by atoms with Crippen LogP contribution in [0.4, 0.5) is 5.82 Å². The maximum Gasteiger partial charge on any atom is 0.200 e. The summed E-state index contributed by atoms with van der Waals surface area (Å²) in [5.74, 6) is 0.501. The molecular weight excluding hydrogens is 400 g/mol. The molecule has 0 aliphatic rings. The molecule has 0 aliphatic heterocycles. The molecule has 0 saturated carbocycles. The molecule has 4 rings (SSSR count). The number of hydrogen-bond acceptors (Lipinski definition) is 8. The van der Waals surface area contributed by atoms with Crippen molar-refractivity contribution in [1.29, 1.82) is 0 Å². The second kappa shape index (κ2) is 8.31. The van der Waals surface area contributed by atoms with Crippen molar-refractivity contribution in [2.24, 2.45) is 0 Å². The standard InChI is InChI=1S/C22H22N4O5/c1-30-16-6-3-13(11-17(16)31-2)7-8-24-22-19(25-18-12-23-9-10-26(18)22)14-4-5-15(27)21(29)20(14)28/h3-6,9-12,24,27-29H,7-8H2,1-2H3. The number of ether oxygens (including phenoxy) is 2. The first-order valence-corrected chi connectivity index (χ1v) is 9.54. The second-order valence-electron chi connectivity index (χ2n) is 6.81. The summed E-state index contributed by atoms with van der Waals surface area (Å²) < 4.78 is 12.4. The average molecular weight is 422 g/mol. The van der Waals surface area contributed by atoms with Crippen molar-refractivity contribution >= 4 is 11.5 Å². The van der Waals surface area contributed by atoms with Gasteiger partial charge in [0.25, 0.3) is 0 Å². The van der Waals surface area contributed by atoms with Crippen LogP contribution in [0.1, 0.15) is 5.56 Å². The molecule has 0 saturated heterocycles. The molecule has 31 heavy (non-hydrogen) atoms. The van der Waals surface area contributed by atoms with Crippen LogP contribution in [0.3, 0.4) is 0 Å². The van der Waals surface area contributed by atoms with Crippen molar-refractivity contribution in [1.82, 2.24) is 14.4 Å². The highest BCUT2D eigenvalue weighted by Gasteiger charge is 2.20. The van der Waals surface area contributed by atoms with Crippen LogP contribution >= 0.6 is 0 Å². The first-order chi connectivity index (χ1) is 15.0. The predicted octanol–water partition coefficient (Wildman–Crippen LogP) is 3.18. The van der Waals surface area contributed by atoms with Crippen molar-refractivity contribution in [2.75, 3.05) is 26.1 Å². The average Bonchev–Trinajstić information content (AvgIpc) is 3.15. The Labute approximate surface area is 178 Å². The minimum atomic E-state index is -0.594. The number of benzene rings is 2. The summed E-state index contributed by atoms with van der Waals surface area (Å²) in [4.78, 5) is 8.63. The molecule has 9 nitrogen and oxygen atoms in total. The third-order valence-electron chi connectivity index (χ3n) is 4.97. The highest BCUT2D eigenvalue weighted by atomic mass is 16.5. The topological polar surface area (TPSA) is 121 Å². The van der Waals surface area contributed by atoms with Gasteiger partial charge < -0.3 is 30.1 Å². The van der Waals surface area contributed by atoms with Crippen LogP contribution in [-0.2, 0) is 6.42 Å². The number of rotatable bonds is 7. The minimum Gasteiger partial charge on any atom is -0.504 e. The SMILES string of the molecule is COc1ccc(CCNc2c(-c3ccc(O)c(O)c3O)nc3cnccn23)cc1OC. The Hall–Kier alpha value is -4.14. The van der Waals surface area contributed by atoms with Gasteiger partial charge in [0.15, 0.2) is 28.6 Å². The van der Waals surface area contributed by atoms with Crippen LogP contribution in [0, 0.1) is 0 Å². The zero-order valence-corrected chi connectivity index (χ0v) is 17.0. The molecule has 0 unspecified atom stereocenters. The van der Waals surface area contributed by atoms with Crippen LogP contribution in [0.2, 0.25) is 0 Å². The van der Waals surface area contributed by atoms with Crippen LogP contribution in [-0.4, -0.2) is 50.5 Å². The number of aromatic hydroxyl groups is 3. The third kappa shape index (κ3) is 3.73. The summed E-state index contributed by atoms with van der Waals surface area (Å²) in [6, 6.07) is 8.55. The maximum absolute atomic E-state index is 10.4. The lowest BCUT2D eigenvalue weighted by Crippen LogP contribution is -2.08. The summed E-state index contributed by atoms with van der Waals surface area (Å²) in [7, 11) is 3.19. The molecular formula is C22H22N4O5. The molecule has 2 aromatic heterocycles. The smallest absolute Gasteiger partial charge is 0.200 e. The van der Waals surface area contributed by atoms with E-state index >= 15 is 0 Å². The summed E-state index contributed by atoms with van der Waals surface area (Å²) in [6.45, 7) is 0.559. The van der Waals surface area contributed by atoms with E-state index < -0.39 is 17.2 Å². The predicted molar refractivity (Wildman–Crippen MR) is 115 cm³/mol. The zero-order chi connectivity index (χ0) is 22.0. The number of anilines is 1. The summed E-state index contributed by atoms with van der Waals surface area (Å²) in [5, 5.41) is 33.3. The second-order valence-corrected chi connectivity index (χ2v) is 6.81. The van der Waals surface area contributed by atoms with E-state index in [4.69, 9.17) is 9.47 Å². The van der Waals surface area contributed by atoms with E-state index in [-0.39, 0.29) is 5.56 Å².